The summed E-state index contributed by atoms with van der Waals surface area (Å²) in [7, 11) is -3.85. The number of rotatable bonds is 7. The molecule has 0 atom stereocenters. The van der Waals surface area contributed by atoms with E-state index < -0.39 is 28.6 Å². The van der Waals surface area contributed by atoms with Gasteiger partial charge in [-0.05, 0) is 51.5 Å². The number of carbonyl (C=O) groups is 1. The zero-order valence-corrected chi connectivity index (χ0v) is 13.5. The van der Waals surface area contributed by atoms with Gasteiger partial charge in [-0.2, -0.15) is 4.31 Å². The summed E-state index contributed by atoms with van der Waals surface area (Å²) in [5, 5.41) is 8.89. The zero-order valence-electron chi connectivity index (χ0n) is 12.7. The van der Waals surface area contributed by atoms with Gasteiger partial charge in [0.25, 0.3) is 0 Å². The molecule has 0 aliphatic rings. The van der Waals surface area contributed by atoms with Gasteiger partial charge >= 0.3 is 5.97 Å². The van der Waals surface area contributed by atoms with Gasteiger partial charge in [0, 0.05) is 6.04 Å². The first kappa shape index (κ1) is 17.5. The maximum absolute atomic E-state index is 12.6. The maximum atomic E-state index is 12.6. The second kappa shape index (κ2) is 6.91. The molecule has 1 N–H and O–H groups in total. The highest BCUT2D eigenvalue weighted by Crippen LogP contribution is 2.25. The number of nitrogens with zero attached hydrogens (tertiary/aromatic N) is 1. The second-order valence-electron chi connectivity index (χ2n) is 4.90. The number of aliphatic carboxylic acids is 1. The predicted molar refractivity (Wildman–Crippen MR) is 79.0 cm³/mol. The molecule has 1 rings (SSSR count). The molecule has 0 unspecified atom stereocenters. The third-order valence-corrected chi connectivity index (χ3v) is 4.94. The standard InChI is InChI=1S/C14H21NO5S/c1-5-20-13-7-6-12(8-11(13)4)21(18,19)15(10(2)3)9-14(16)17/h6-8,10H,5,9H2,1-4H3,(H,16,17). The van der Waals surface area contributed by atoms with Gasteiger partial charge in [0.05, 0.1) is 11.5 Å². The Bertz CT molecular complexity index is 610. The van der Waals surface area contributed by atoms with Gasteiger partial charge < -0.3 is 9.84 Å². The number of benzene rings is 1. The van der Waals surface area contributed by atoms with Crippen molar-refractivity contribution in [2.45, 2.75) is 38.6 Å². The molecule has 0 aromatic heterocycles. The predicted octanol–water partition coefficient (Wildman–Crippen LogP) is 1.88. The van der Waals surface area contributed by atoms with E-state index in [0.717, 1.165) is 4.31 Å². The van der Waals surface area contributed by atoms with Gasteiger partial charge in [0.15, 0.2) is 0 Å². The normalized spacial score (nSPS) is 11.9. The molecule has 0 aliphatic carbocycles. The number of hydrogen-bond acceptors (Lipinski definition) is 4. The molecule has 21 heavy (non-hydrogen) atoms. The van der Waals surface area contributed by atoms with E-state index in [0.29, 0.717) is 17.9 Å². The van der Waals surface area contributed by atoms with E-state index >= 15 is 0 Å². The van der Waals surface area contributed by atoms with E-state index in [2.05, 4.69) is 0 Å². The molecule has 0 amide bonds. The Balaban J connectivity index is 3.22. The highest BCUT2D eigenvalue weighted by Gasteiger charge is 2.29. The second-order valence-corrected chi connectivity index (χ2v) is 6.79. The fourth-order valence-corrected chi connectivity index (χ4v) is 3.59. The first-order valence-electron chi connectivity index (χ1n) is 6.67. The van der Waals surface area contributed by atoms with Gasteiger partial charge in [-0.15, -0.1) is 0 Å². The number of carboxylic acid groups (broad SMARTS) is 1. The summed E-state index contributed by atoms with van der Waals surface area (Å²) in [6.45, 7) is 6.80. The topological polar surface area (TPSA) is 83.9 Å². The van der Waals surface area contributed by atoms with Crippen LogP contribution in [0.1, 0.15) is 26.3 Å². The molecule has 0 bridgehead atoms. The van der Waals surface area contributed by atoms with Crippen LogP contribution in [-0.4, -0.2) is 43.0 Å². The SMILES string of the molecule is CCOc1ccc(S(=O)(=O)N(CC(=O)O)C(C)C)cc1C. The molecule has 0 fully saturated rings. The van der Waals surface area contributed by atoms with Crippen molar-refractivity contribution in [1.29, 1.82) is 0 Å². The number of aryl methyl sites for hydroxylation is 1. The lowest BCUT2D eigenvalue weighted by atomic mass is 10.2. The third-order valence-electron chi connectivity index (χ3n) is 2.92. The third kappa shape index (κ3) is 4.18. The highest BCUT2D eigenvalue weighted by molar-refractivity contribution is 7.89. The Morgan fingerprint density at radius 2 is 2.00 bits per heavy atom. The highest BCUT2D eigenvalue weighted by atomic mass is 32.2. The first-order valence-corrected chi connectivity index (χ1v) is 8.11. The zero-order chi connectivity index (χ0) is 16.2. The van der Waals surface area contributed by atoms with Crippen LogP contribution in [0, 0.1) is 6.92 Å². The van der Waals surface area contributed by atoms with Crippen molar-refractivity contribution in [3.05, 3.63) is 23.8 Å². The lowest BCUT2D eigenvalue weighted by Gasteiger charge is -2.24. The van der Waals surface area contributed by atoms with E-state index in [-0.39, 0.29) is 4.90 Å². The molecular formula is C14H21NO5S. The summed E-state index contributed by atoms with van der Waals surface area (Å²) in [5.74, 6) is -0.569. The van der Waals surface area contributed by atoms with Crippen molar-refractivity contribution in [2.75, 3.05) is 13.2 Å². The van der Waals surface area contributed by atoms with Crippen LogP contribution >= 0.6 is 0 Å². The molecule has 0 radical (unpaired) electrons. The molecule has 0 heterocycles. The molecule has 0 spiro atoms. The quantitative estimate of drug-likeness (QED) is 0.830. The van der Waals surface area contributed by atoms with Crippen LogP contribution in [0.3, 0.4) is 0 Å². The van der Waals surface area contributed by atoms with Crippen molar-refractivity contribution in [3.8, 4) is 5.75 Å². The molecule has 0 saturated carbocycles. The molecule has 6 nitrogen and oxygen atoms in total. The fraction of sp³-hybridized carbons (Fsp3) is 0.500. The van der Waals surface area contributed by atoms with Crippen molar-refractivity contribution < 1.29 is 23.1 Å². The minimum absolute atomic E-state index is 0.0680. The summed E-state index contributed by atoms with van der Waals surface area (Å²) >= 11 is 0. The molecule has 0 saturated heterocycles. The number of ether oxygens (including phenoxy) is 1. The molecule has 118 valence electrons. The van der Waals surface area contributed by atoms with Gasteiger partial charge in [-0.1, -0.05) is 0 Å². The van der Waals surface area contributed by atoms with E-state index in [4.69, 9.17) is 9.84 Å². The molecule has 1 aromatic carbocycles. The number of hydrogen-bond donors (Lipinski definition) is 1. The molecule has 1 aromatic rings. The Morgan fingerprint density at radius 3 is 2.43 bits per heavy atom. The van der Waals surface area contributed by atoms with E-state index in [1.54, 1.807) is 26.8 Å². The van der Waals surface area contributed by atoms with Gasteiger partial charge in [0.1, 0.15) is 12.3 Å². The van der Waals surface area contributed by atoms with Crippen LogP contribution < -0.4 is 4.74 Å². The monoisotopic (exact) mass is 315 g/mol. The molecular weight excluding hydrogens is 294 g/mol. The van der Waals surface area contributed by atoms with E-state index in [9.17, 15) is 13.2 Å². The Kier molecular flexibility index (Phi) is 5.74. The largest absolute Gasteiger partial charge is 0.494 e. The van der Waals surface area contributed by atoms with Crippen molar-refractivity contribution >= 4 is 16.0 Å². The van der Waals surface area contributed by atoms with Gasteiger partial charge in [-0.3, -0.25) is 4.79 Å². The van der Waals surface area contributed by atoms with Crippen molar-refractivity contribution in [2.24, 2.45) is 0 Å². The van der Waals surface area contributed by atoms with Crippen LogP contribution in [0.2, 0.25) is 0 Å². The Labute approximate surface area is 125 Å². The van der Waals surface area contributed by atoms with E-state index in [1.807, 2.05) is 6.92 Å². The first-order chi connectivity index (χ1) is 9.70. The summed E-state index contributed by atoms with van der Waals surface area (Å²) in [4.78, 5) is 10.9. The van der Waals surface area contributed by atoms with Crippen LogP contribution in [0.15, 0.2) is 23.1 Å². The fourth-order valence-electron chi connectivity index (χ4n) is 1.91. The van der Waals surface area contributed by atoms with E-state index in [1.165, 1.54) is 12.1 Å². The number of carboxylic acids is 1. The lowest BCUT2D eigenvalue weighted by molar-refractivity contribution is -0.137. The average Bonchev–Trinajstić information content (AvgIpc) is 2.37. The smallest absolute Gasteiger partial charge is 0.318 e. The van der Waals surface area contributed by atoms with Gasteiger partial charge in [0.2, 0.25) is 10.0 Å². The summed E-state index contributed by atoms with van der Waals surface area (Å²) in [6.07, 6.45) is 0. The summed E-state index contributed by atoms with van der Waals surface area (Å²) < 4.78 is 31.4. The van der Waals surface area contributed by atoms with Crippen LogP contribution in [0.25, 0.3) is 0 Å². The van der Waals surface area contributed by atoms with Crippen molar-refractivity contribution in [3.63, 3.8) is 0 Å². The van der Waals surface area contributed by atoms with Crippen LogP contribution in [-0.2, 0) is 14.8 Å². The minimum atomic E-state index is -3.85. The maximum Gasteiger partial charge on any atom is 0.318 e. The Morgan fingerprint density at radius 1 is 1.38 bits per heavy atom. The lowest BCUT2D eigenvalue weighted by Crippen LogP contribution is -2.40. The van der Waals surface area contributed by atoms with Crippen LogP contribution in [0.5, 0.6) is 5.75 Å². The minimum Gasteiger partial charge on any atom is -0.494 e. The van der Waals surface area contributed by atoms with Crippen molar-refractivity contribution in [1.82, 2.24) is 4.31 Å². The summed E-state index contributed by atoms with van der Waals surface area (Å²) in [5.41, 5.74) is 0.692. The molecule has 0 aliphatic heterocycles. The average molecular weight is 315 g/mol. The summed E-state index contributed by atoms with van der Waals surface area (Å²) in [6, 6.07) is 4.07. The van der Waals surface area contributed by atoms with Gasteiger partial charge in [-0.25, -0.2) is 8.42 Å². The Hall–Kier alpha value is -1.60. The van der Waals surface area contributed by atoms with Crippen LogP contribution in [0.4, 0.5) is 0 Å². The molecule has 7 heteroatoms. The number of sulfonamides is 1.